The highest BCUT2D eigenvalue weighted by Gasteiger charge is 2.33. The van der Waals surface area contributed by atoms with Gasteiger partial charge in [-0.1, -0.05) is 0 Å². The molecule has 0 aliphatic carbocycles. The number of pyridine rings is 1. The molecule has 0 N–H and O–H groups in total. The molecule has 8 nitrogen and oxygen atoms in total. The summed E-state index contributed by atoms with van der Waals surface area (Å²) in [5, 5.41) is 4.60. The summed E-state index contributed by atoms with van der Waals surface area (Å²) < 4.78 is 36.0. The summed E-state index contributed by atoms with van der Waals surface area (Å²) in [5.41, 5.74) is 1.97. The van der Waals surface area contributed by atoms with Gasteiger partial charge in [-0.25, -0.2) is 13.8 Å². The Hall–Kier alpha value is -3.66. The van der Waals surface area contributed by atoms with Gasteiger partial charge < -0.3 is 9.64 Å². The minimum atomic E-state index is -2.58. The Morgan fingerprint density at radius 3 is 2.62 bits per heavy atom. The lowest BCUT2D eigenvalue weighted by molar-refractivity contribution is -0.0554. The van der Waals surface area contributed by atoms with Crippen molar-refractivity contribution in [2.45, 2.75) is 25.3 Å². The zero-order chi connectivity index (χ0) is 23.7. The molecule has 4 aromatic rings. The normalized spacial score (nSPS) is 16.1. The van der Waals surface area contributed by atoms with Gasteiger partial charge in [-0.3, -0.25) is 19.0 Å². The number of hydrogen-bond acceptors (Lipinski definition) is 6. The minimum Gasteiger partial charge on any atom is -0.457 e. The Morgan fingerprint density at radius 1 is 1.06 bits per heavy atom. The summed E-state index contributed by atoms with van der Waals surface area (Å²) in [5.74, 6) is -1.49. The number of halogens is 2. The summed E-state index contributed by atoms with van der Waals surface area (Å²) in [6.45, 7) is 1.56. The number of benzene rings is 1. The number of rotatable bonds is 6. The van der Waals surface area contributed by atoms with Gasteiger partial charge >= 0.3 is 0 Å². The molecular weight excluding hydrogens is 442 g/mol. The summed E-state index contributed by atoms with van der Waals surface area (Å²) in [6.07, 6.45) is 6.47. The predicted octanol–water partition coefficient (Wildman–Crippen LogP) is 3.72. The van der Waals surface area contributed by atoms with E-state index in [1.54, 1.807) is 41.3 Å². The molecule has 0 bridgehead atoms. The maximum absolute atomic E-state index is 13.4. The second-order valence-corrected chi connectivity index (χ2v) is 8.50. The highest BCUT2D eigenvalue weighted by atomic mass is 19.3. The lowest BCUT2D eigenvalue weighted by atomic mass is 10.1. The molecule has 0 spiro atoms. The first-order valence-corrected chi connectivity index (χ1v) is 11.1. The zero-order valence-corrected chi connectivity index (χ0v) is 18.7. The molecule has 1 saturated heterocycles. The molecule has 0 radical (unpaired) electrons. The van der Waals surface area contributed by atoms with E-state index in [2.05, 4.69) is 15.1 Å². The fraction of sp³-hybridized carbons (Fsp3) is 0.333. The first kappa shape index (κ1) is 22.1. The van der Waals surface area contributed by atoms with Crippen LogP contribution in [0.15, 0.2) is 60.0 Å². The van der Waals surface area contributed by atoms with Crippen molar-refractivity contribution in [1.82, 2.24) is 29.2 Å². The number of hydrogen-bond donors (Lipinski definition) is 0. The Bertz CT molecular complexity index is 1370. The first-order chi connectivity index (χ1) is 16.4. The van der Waals surface area contributed by atoms with Crippen molar-refractivity contribution in [3.63, 3.8) is 0 Å². The fourth-order valence-corrected chi connectivity index (χ4v) is 4.04. The highest BCUT2D eigenvalue weighted by Crippen LogP contribution is 2.28. The van der Waals surface area contributed by atoms with Crippen LogP contribution < -0.4 is 10.3 Å². The van der Waals surface area contributed by atoms with Gasteiger partial charge in [0.05, 0.1) is 29.1 Å². The monoisotopic (exact) mass is 466 g/mol. The molecule has 0 atom stereocenters. The van der Waals surface area contributed by atoms with Crippen LogP contribution >= 0.6 is 0 Å². The average Bonchev–Trinajstić information content (AvgIpc) is 3.26. The van der Waals surface area contributed by atoms with Gasteiger partial charge in [0.1, 0.15) is 11.5 Å². The number of likely N-dealkylation sites (tertiary alicyclic amines) is 1. The van der Waals surface area contributed by atoms with Crippen molar-refractivity contribution in [1.29, 1.82) is 0 Å². The van der Waals surface area contributed by atoms with Gasteiger partial charge in [0.15, 0.2) is 0 Å². The van der Waals surface area contributed by atoms with E-state index in [1.165, 1.54) is 10.9 Å². The van der Waals surface area contributed by atoms with Crippen LogP contribution in [0.25, 0.3) is 22.2 Å². The lowest BCUT2D eigenvalue weighted by Crippen LogP contribution is -2.41. The fourth-order valence-electron chi connectivity index (χ4n) is 4.04. The Kier molecular flexibility index (Phi) is 5.82. The van der Waals surface area contributed by atoms with Crippen molar-refractivity contribution in [3.05, 3.63) is 65.6 Å². The van der Waals surface area contributed by atoms with E-state index in [0.29, 0.717) is 48.6 Å². The SMILES string of the molecule is Cn1cc(-c2cc(Oc3ccc4ncn(CCN5CCC(F)(F)CC5)c(=O)c4c3)ccn2)cn1. The second kappa shape index (κ2) is 8.94. The molecule has 0 amide bonds. The van der Waals surface area contributed by atoms with E-state index in [9.17, 15) is 13.6 Å². The standard InChI is InChI=1S/C24H24F2N6O2/c1-30-15-17(14-29-30)22-13-19(4-7-27-22)34-18-2-3-21-20(12-18)23(33)32(16-28-21)11-10-31-8-5-24(25,26)6-9-31/h2-4,7,12-16H,5-6,8-11H2,1H3. The molecule has 3 aromatic heterocycles. The largest absolute Gasteiger partial charge is 0.457 e. The van der Waals surface area contributed by atoms with E-state index in [0.717, 1.165) is 11.3 Å². The number of ether oxygens (including phenoxy) is 1. The van der Waals surface area contributed by atoms with Crippen LogP contribution in [-0.4, -0.2) is 54.8 Å². The van der Waals surface area contributed by atoms with Crippen molar-refractivity contribution in [3.8, 4) is 22.8 Å². The van der Waals surface area contributed by atoms with Gasteiger partial charge in [-0.15, -0.1) is 0 Å². The van der Waals surface area contributed by atoms with E-state index in [1.807, 2.05) is 24.2 Å². The van der Waals surface area contributed by atoms with E-state index >= 15 is 0 Å². The number of piperidine rings is 1. The third kappa shape index (κ3) is 4.81. The van der Waals surface area contributed by atoms with E-state index < -0.39 is 5.92 Å². The third-order valence-corrected chi connectivity index (χ3v) is 6.01. The van der Waals surface area contributed by atoms with Crippen molar-refractivity contribution in [2.75, 3.05) is 19.6 Å². The molecule has 1 fully saturated rings. The van der Waals surface area contributed by atoms with Gasteiger partial charge in [-0.2, -0.15) is 5.10 Å². The van der Waals surface area contributed by atoms with E-state index in [-0.39, 0.29) is 18.4 Å². The lowest BCUT2D eigenvalue weighted by Gasteiger charge is -2.31. The molecule has 34 heavy (non-hydrogen) atoms. The second-order valence-electron chi connectivity index (χ2n) is 8.50. The average molecular weight is 466 g/mol. The third-order valence-electron chi connectivity index (χ3n) is 6.01. The number of nitrogens with zero attached hydrogens (tertiary/aromatic N) is 6. The summed E-state index contributed by atoms with van der Waals surface area (Å²) in [6, 6.07) is 8.73. The van der Waals surface area contributed by atoms with Crippen LogP contribution in [0.5, 0.6) is 11.5 Å². The molecule has 5 rings (SSSR count). The molecule has 176 valence electrons. The summed E-state index contributed by atoms with van der Waals surface area (Å²) >= 11 is 0. The van der Waals surface area contributed by atoms with E-state index in [4.69, 9.17) is 4.74 Å². The Morgan fingerprint density at radius 2 is 1.85 bits per heavy atom. The summed E-state index contributed by atoms with van der Waals surface area (Å²) in [4.78, 5) is 23.8. The molecule has 0 saturated carbocycles. The molecule has 1 aliphatic rings. The molecule has 10 heteroatoms. The Labute approximate surface area is 194 Å². The Balaban J connectivity index is 1.33. The summed E-state index contributed by atoms with van der Waals surface area (Å²) in [7, 11) is 1.84. The van der Waals surface area contributed by atoms with Crippen LogP contribution in [0.3, 0.4) is 0 Å². The topological polar surface area (TPSA) is 78.1 Å². The van der Waals surface area contributed by atoms with Gasteiger partial charge in [0.25, 0.3) is 11.5 Å². The molecular formula is C24H24F2N6O2. The maximum Gasteiger partial charge on any atom is 0.261 e. The van der Waals surface area contributed by atoms with Crippen molar-refractivity contribution >= 4 is 10.9 Å². The van der Waals surface area contributed by atoms with Crippen LogP contribution in [0.4, 0.5) is 8.78 Å². The number of aromatic nitrogens is 5. The molecule has 1 aliphatic heterocycles. The number of fused-ring (bicyclic) bond motifs is 1. The minimum absolute atomic E-state index is 0.143. The van der Waals surface area contributed by atoms with Crippen molar-refractivity contribution in [2.24, 2.45) is 7.05 Å². The van der Waals surface area contributed by atoms with Crippen molar-refractivity contribution < 1.29 is 13.5 Å². The van der Waals surface area contributed by atoms with Gasteiger partial charge in [-0.05, 0) is 24.3 Å². The van der Waals surface area contributed by atoms with Crippen LogP contribution in [0.2, 0.25) is 0 Å². The molecule has 0 unspecified atom stereocenters. The van der Waals surface area contributed by atoms with Crippen LogP contribution in [0, 0.1) is 0 Å². The zero-order valence-electron chi connectivity index (χ0n) is 18.7. The smallest absolute Gasteiger partial charge is 0.261 e. The van der Waals surface area contributed by atoms with Crippen LogP contribution in [-0.2, 0) is 13.6 Å². The van der Waals surface area contributed by atoms with Gasteiger partial charge in [0, 0.05) is 70.1 Å². The molecule has 4 heterocycles. The first-order valence-electron chi connectivity index (χ1n) is 11.1. The molecule has 1 aromatic carbocycles. The van der Waals surface area contributed by atoms with Gasteiger partial charge in [0.2, 0.25) is 0 Å². The van der Waals surface area contributed by atoms with Crippen LogP contribution in [0.1, 0.15) is 12.8 Å². The highest BCUT2D eigenvalue weighted by molar-refractivity contribution is 5.79. The number of alkyl halides is 2. The maximum atomic E-state index is 13.4. The quantitative estimate of drug-likeness (QED) is 0.431. The predicted molar refractivity (Wildman–Crippen MR) is 123 cm³/mol. The number of aryl methyl sites for hydroxylation is 1.